The van der Waals surface area contributed by atoms with Gasteiger partial charge in [-0.05, 0) is 12.1 Å². The average Bonchev–Trinajstić information content (AvgIpc) is 1.85. The highest BCUT2D eigenvalue weighted by atomic mass is 32.5. The van der Waals surface area contributed by atoms with Gasteiger partial charge in [0.05, 0.1) is 0 Å². The van der Waals surface area contributed by atoms with Gasteiger partial charge < -0.3 is 0 Å². The highest BCUT2D eigenvalue weighted by Crippen LogP contribution is 2.44. The van der Waals surface area contributed by atoms with E-state index in [1.54, 1.807) is 18.5 Å². The van der Waals surface area contributed by atoms with Crippen molar-refractivity contribution in [2.75, 3.05) is 0 Å². The van der Waals surface area contributed by atoms with E-state index in [2.05, 4.69) is 37.2 Å². The average molecular weight is 204 g/mol. The Bertz CT molecular complexity index is 147. The Morgan fingerprint density at radius 3 is 2.18 bits per heavy atom. The Morgan fingerprint density at radius 1 is 1.18 bits per heavy atom. The van der Waals surface area contributed by atoms with Crippen LogP contribution in [0.3, 0.4) is 0 Å². The minimum Gasteiger partial charge on any atom is -0.206 e. The minimum atomic E-state index is -0.768. The summed E-state index contributed by atoms with van der Waals surface area (Å²) in [6.07, 6.45) is 1.54. The Labute approximate surface area is 76.5 Å². The van der Waals surface area contributed by atoms with Crippen LogP contribution >= 0.6 is 10.7 Å². The summed E-state index contributed by atoms with van der Waals surface area (Å²) in [7, 11) is 0.933. The molecule has 0 saturated carbocycles. The summed E-state index contributed by atoms with van der Waals surface area (Å²) in [5.74, 6) is 0. The highest BCUT2D eigenvalue weighted by molar-refractivity contribution is 8.50. The number of rotatable bonds is 1. The molecule has 1 atom stereocenters. The van der Waals surface area contributed by atoms with Gasteiger partial charge in [0, 0.05) is 0 Å². The molecule has 0 amide bonds. The van der Waals surface area contributed by atoms with Crippen molar-refractivity contribution in [2.24, 2.45) is 0 Å². The molecule has 1 unspecified atom stereocenters. The first kappa shape index (κ1) is 9.87. The molecule has 0 aliphatic carbocycles. The van der Waals surface area contributed by atoms with E-state index in [0.29, 0.717) is 0 Å². The first-order valence-corrected chi connectivity index (χ1v) is 13.1. The highest BCUT2D eigenvalue weighted by Gasteiger charge is 2.38. The maximum atomic E-state index is 2.59. The Hall–Kier alpha value is 0.784. The van der Waals surface area contributed by atoms with Crippen LogP contribution in [0.25, 0.3) is 0 Å². The second kappa shape index (κ2) is 3.26. The fraction of sp³-hybridized carbons (Fsp3) is 1.00. The van der Waals surface area contributed by atoms with Crippen LogP contribution < -0.4 is 0 Å². The molecular weight excluding hydrogens is 184 g/mol. The molecule has 1 heterocycles. The molecule has 0 aromatic carbocycles. The lowest BCUT2D eigenvalue weighted by atomic mass is 10.6. The minimum absolute atomic E-state index is 0.768. The summed E-state index contributed by atoms with van der Waals surface area (Å²) in [4.78, 5) is 0. The summed E-state index contributed by atoms with van der Waals surface area (Å²) >= 11 is 0. The van der Waals surface area contributed by atoms with Gasteiger partial charge in [0.25, 0.3) is 0 Å². The van der Waals surface area contributed by atoms with E-state index in [9.17, 15) is 0 Å². The van der Waals surface area contributed by atoms with E-state index in [1.807, 2.05) is 0 Å². The van der Waals surface area contributed by atoms with Gasteiger partial charge in [0.1, 0.15) is 14.4 Å². The largest absolute Gasteiger partial charge is 0.206 e. The summed E-state index contributed by atoms with van der Waals surface area (Å²) in [5, 5.41) is 0. The van der Waals surface area contributed by atoms with Gasteiger partial charge in [-0.25, -0.2) is 10.7 Å². The first-order valence-electron chi connectivity index (χ1n) is 4.68. The van der Waals surface area contributed by atoms with Crippen LogP contribution in [0.4, 0.5) is 0 Å². The molecule has 0 aromatic rings. The molecule has 0 radical (unpaired) electrons. The quantitative estimate of drug-likeness (QED) is 0.583. The van der Waals surface area contributed by atoms with Crippen molar-refractivity contribution in [1.29, 1.82) is 0 Å². The van der Waals surface area contributed by atoms with Crippen LogP contribution in [0, 0.1) is 0 Å². The van der Waals surface area contributed by atoms with Crippen molar-refractivity contribution in [3.63, 3.8) is 0 Å². The maximum absolute atomic E-state index is 2.59. The lowest BCUT2D eigenvalue weighted by Crippen LogP contribution is -2.39. The molecule has 1 saturated heterocycles. The molecule has 0 N–H and O–H groups in total. The number of hydrogen-bond donors (Lipinski definition) is 0. The molecule has 0 spiro atoms. The molecule has 66 valence electrons. The van der Waals surface area contributed by atoms with Gasteiger partial charge in [0.2, 0.25) is 0 Å². The molecule has 1 rings (SSSR count). The molecule has 1 aliphatic rings. The third-order valence-corrected chi connectivity index (χ3v) is 22.9. The van der Waals surface area contributed by atoms with Gasteiger partial charge in [-0.15, -0.1) is 0 Å². The van der Waals surface area contributed by atoms with Crippen molar-refractivity contribution in [3.05, 3.63) is 0 Å². The van der Waals surface area contributed by atoms with Crippen molar-refractivity contribution in [1.82, 2.24) is 0 Å². The van der Waals surface area contributed by atoms with E-state index >= 15 is 0 Å². The zero-order valence-electron chi connectivity index (χ0n) is 8.24. The summed E-state index contributed by atoms with van der Waals surface area (Å²) in [6.45, 7) is 10.1. The third kappa shape index (κ3) is 2.63. The van der Waals surface area contributed by atoms with Gasteiger partial charge >= 0.3 is 0 Å². The fourth-order valence-electron chi connectivity index (χ4n) is 1.91. The van der Waals surface area contributed by atoms with E-state index in [0.717, 1.165) is 0 Å². The van der Waals surface area contributed by atoms with Gasteiger partial charge in [0.15, 0.2) is 0 Å². The van der Waals surface area contributed by atoms with Crippen LogP contribution in [-0.4, -0.2) is 14.4 Å². The normalized spacial score (nSPS) is 37.1. The Balaban J connectivity index is 2.59. The van der Waals surface area contributed by atoms with E-state index in [1.165, 1.54) is 6.04 Å². The summed E-state index contributed by atoms with van der Waals surface area (Å²) in [6, 6.07) is 4.65. The van der Waals surface area contributed by atoms with Crippen LogP contribution in [0.15, 0.2) is 0 Å². The van der Waals surface area contributed by atoms with Gasteiger partial charge in [-0.1, -0.05) is 39.0 Å². The predicted molar refractivity (Wildman–Crippen MR) is 61.4 cm³/mol. The first-order chi connectivity index (χ1) is 4.97. The molecule has 0 nitrogen and oxygen atoms in total. The number of hydrogen-bond acceptors (Lipinski definition) is 1. The van der Waals surface area contributed by atoms with Crippen molar-refractivity contribution in [3.8, 4) is 0 Å². The smallest absolute Gasteiger partial charge is 0.106 e. The van der Waals surface area contributed by atoms with Crippen molar-refractivity contribution >= 4 is 25.1 Å². The predicted octanol–water partition coefficient (Wildman–Crippen LogP) is 3.92. The molecule has 11 heavy (non-hydrogen) atoms. The van der Waals surface area contributed by atoms with Crippen molar-refractivity contribution < 1.29 is 0 Å². The standard InChI is InChI=1S/C8H20SSi2/c1-5-11(4)8-6-7-10(2,3)9-11/h5-8H2,1-4H3. The summed E-state index contributed by atoms with van der Waals surface area (Å²) < 4.78 is 0. The zero-order valence-corrected chi connectivity index (χ0v) is 11.1. The second-order valence-corrected chi connectivity index (χ2v) is 21.6. The topological polar surface area (TPSA) is 0 Å². The fourth-order valence-corrected chi connectivity index (χ4v) is 27.3. The maximum Gasteiger partial charge on any atom is 0.106 e. The van der Waals surface area contributed by atoms with E-state index in [-0.39, 0.29) is 0 Å². The lowest BCUT2D eigenvalue weighted by molar-refractivity contribution is 1.02. The Kier molecular flexibility index (Phi) is 2.93. The molecule has 3 heteroatoms. The van der Waals surface area contributed by atoms with Crippen LogP contribution in [0.5, 0.6) is 0 Å². The summed E-state index contributed by atoms with van der Waals surface area (Å²) in [5.41, 5.74) is 0. The second-order valence-electron chi connectivity index (χ2n) is 4.52. The van der Waals surface area contributed by atoms with E-state index < -0.39 is 14.4 Å². The van der Waals surface area contributed by atoms with Crippen molar-refractivity contribution in [2.45, 2.75) is 51.1 Å². The molecular formula is C8H20SSi2. The molecule has 1 fully saturated rings. The van der Waals surface area contributed by atoms with Gasteiger partial charge in [-0.3, -0.25) is 0 Å². The Morgan fingerprint density at radius 2 is 1.82 bits per heavy atom. The van der Waals surface area contributed by atoms with E-state index in [4.69, 9.17) is 0 Å². The monoisotopic (exact) mass is 204 g/mol. The molecule has 1 aliphatic heterocycles. The lowest BCUT2D eigenvalue weighted by Gasteiger charge is -2.39. The van der Waals surface area contributed by atoms with Crippen LogP contribution in [-0.2, 0) is 0 Å². The molecule has 0 bridgehead atoms. The SMILES string of the molecule is CC[Si]1(C)CCC[Si](C)(C)S1. The zero-order chi connectivity index (χ0) is 8.54. The van der Waals surface area contributed by atoms with Gasteiger partial charge in [-0.2, -0.15) is 0 Å². The van der Waals surface area contributed by atoms with Crippen LogP contribution in [0.2, 0.25) is 37.8 Å². The van der Waals surface area contributed by atoms with Crippen LogP contribution in [0.1, 0.15) is 13.3 Å². The third-order valence-electron chi connectivity index (χ3n) is 2.76. The molecule has 0 aromatic heterocycles.